The maximum Gasteiger partial charge on any atom is 0.421 e. The highest BCUT2D eigenvalue weighted by atomic mass is 35.5. The van der Waals surface area contributed by atoms with Crippen molar-refractivity contribution in [2.45, 2.75) is 6.18 Å². The summed E-state index contributed by atoms with van der Waals surface area (Å²) in [7, 11) is 0. The molecule has 0 heterocycles. The second kappa shape index (κ2) is 5.52. The average Bonchev–Trinajstić information content (AvgIpc) is 2.10. The maximum atomic E-state index is 12.7. The summed E-state index contributed by atoms with van der Waals surface area (Å²) < 4.78 is 49.1. The van der Waals surface area contributed by atoms with Gasteiger partial charge in [0.15, 0.2) is 0 Å². The Morgan fingerprint density at radius 1 is 1.24 bits per heavy atom. The molecule has 0 radical (unpaired) electrons. The van der Waals surface area contributed by atoms with E-state index in [1.54, 1.807) is 0 Å². The van der Waals surface area contributed by atoms with Crippen molar-refractivity contribution in [3.05, 3.63) is 39.2 Å². The lowest BCUT2D eigenvalue weighted by Crippen LogP contribution is -2.12. The fraction of sp³-hybridized carbons (Fsp3) is 0.200. The first-order valence-electron chi connectivity index (χ1n) is 4.28. The van der Waals surface area contributed by atoms with Crippen LogP contribution in [0.25, 0.3) is 5.57 Å². The molecular weight excluding hydrogens is 296 g/mol. The van der Waals surface area contributed by atoms with E-state index in [0.29, 0.717) is 5.41 Å². The maximum absolute atomic E-state index is 12.7. The molecule has 17 heavy (non-hydrogen) atoms. The normalized spacial score (nSPS) is 14.9. The van der Waals surface area contributed by atoms with Gasteiger partial charge in [-0.25, -0.2) is 0 Å². The highest BCUT2D eigenvalue weighted by Gasteiger charge is 2.36. The molecule has 1 nitrogen and oxygen atoms in total. The molecule has 0 N–H and O–H groups in total. The molecule has 0 aromatic heterocycles. The molecule has 0 aliphatic carbocycles. The number of rotatable bonds is 2. The van der Waals surface area contributed by atoms with E-state index in [2.05, 4.69) is 0 Å². The van der Waals surface area contributed by atoms with E-state index in [9.17, 15) is 17.7 Å². The van der Waals surface area contributed by atoms with Crippen LogP contribution in [0.2, 0.25) is 10.0 Å². The molecular formula is C10H7Cl2F3OS. The Bertz CT molecular complexity index is 423. The van der Waals surface area contributed by atoms with E-state index in [-0.39, 0.29) is 15.6 Å². The predicted octanol–water partition coefficient (Wildman–Crippen LogP) is 4.28. The Morgan fingerprint density at radius 3 is 2.06 bits per heavy atom. The van der Waals surface area contributed by atoms with E-state index in [4.69, 9.17) is 23.2 Å². The molecule has 0 saturated carbocycles. The molecule has 0 amide bonds. The van der Waals surface area contributed by atoms with Gasteiger partial charge >= 0.3 is 6.18 Å². The Labute approximate surface area is 109 Å². The van der Waals surface area contributed by atoms with Crippen LogP contribution in [-0.2, 0) is 11.2 Å². The fourth-order valence-corrected chi connectivity index (χ4v) is 2.30. The molecule has 1 aromatic rings. The Morgan fingerprint density at radius 2 is 1.71 bits per heavy atom. The van der Waals surface area contributed by atoms with Crippen LogP contribution in [-0.4, -0.2) is 17.0 Å². The molecule has 1 rings (SSSR count). The third-order valence-corrected chi connectivity index (χ3v) is 2.77. The van der Waals surface area contributed by atoms with Crippen molar-refractivity contribution in [1.29, 1.82) is 0 Å². The summed E-state index contributed by atoms with van der Waals surface area (Å²) in [6.45, 7) is 0. The Balaban J connectivity index is 3.33. The zero-order valence-electron chi connectivity index (χ0n) is 8.52. The van der Waals surface area contributed by atoms with Crippen molar-refractivity contribution in [3.8, 4) is 0 Å². The second-order valence-electron chi connectivity index (χ2n) is 3.19. The van der Waals surface area contributed by atoms with Crippen LogP contribution in [0.5, 0.6) is 0 Å². The summed E-state index contributed by atoms with van der Waals surface area (Å²) in [6, 6.07) is 3.57. The van der Waals surface area contributed by atoms with Crippen LogP contribution in [0.15, 0.2) is 23.6 Å². The van der Waals surface area contributed by atoms with Crippen molar-refractivity contribution in [2.24, 2.45) is 0 Å². The molecule has 94 valence electrons. The number of hydrogen-bond acceptors (Lipinski definition) is 1. The van der Waals surface area contributed by atoms with Gasteiger partial charge in [0.1, 0.15) is 11.0 Å². The average molecular weight is 303 g/mol. The van der Waals surface area contributed by atoms with Crippen molar-refractivity contribution >= 4 is 40.0 Å². The Kier molecular flexibility index (Phi) is 4.77. The van der Waals surface area contributed by atoms with Crippen LogP contribution in [0.3, 0.4) is 0 Å². The predicted molar refractivity (Wildman–Crippen MR) is 64.6 cm³/mol. The first-order valence-corrected chi connectivity index (χ1v) is 6.65. The van der Waals surface area contributed by atoms with Gasteiger partial charge in [-0.15, -0.1) is 0 Å². The van der Waals surface area contributed by atoms with E-state index >= 15 is 0 Å². The molecule has 1 aromatic carbocycles. The molecule has 1 atom stereocenters. The summed E-state index contributed by atoms with van der Waals surface area (Å²) in [5, 5.41) is 0.802. The van der Waals surface area contributed by atoms with Gasteiger partial charge in [-0.3, -0.25) is 0 Å². The third-order valence-electron chi connectivity index (χ3n) is 1.76. The number of allylic oxidation sites excluding steroid dienone is 1. The molecule has 1 unspecified atom stereocenters. The molecule has 0 fully saturated rings. The number of benzene rings is 1. The van der Waals surface area contributed by atoms with Crippen molar-refractivity contribution in [2.75, 3.05) is 6.26 Å². The largest absolute Gasteiger partial charge is 0.612 e. The first-order chi connectivity index (χ1) is 7.70. The molecule has 0 spiro atoms. The van der Waals surface area contributed by atoms with Crippen LogP contribution in [0.1, 0.15) is 5.56 Å². The van der Waals surface area contributed by atoms with E-state index in [0.717, 1.165) is 18.4 Å². The van der Waals surface area contributed by atoms with Gasteiger partial charge in [-0.1, -0.05) is 23.2 Å². The lowest BCUT2D eigenvalue weighted by atomic mass is 10.1. The Hall–Kier alpha value is -0.360. The summed E-state index contributed by atoms with van der Waals surface area (Å²) in [5.74, 6) is 0. The van der Waals surface area contributed by atoms with Gasteiger partial charge in [0.25, 0.3) is 0 Å². The minimum absolute atomic E-state index is 0.0875. The molecule has 0 aliphatic rings. The van der Waals surface area contributed by atoms with Gasteiger partial charge in [0, 0.05) is 10.0 Å². The van der Waals surface area contributed by atoms with Crippen LogP contribution in [0.4, 0.5) is 13.2 Å². The highest BCUT2D eigenvalue weighted by molar-refractivity contribution is 7.93. The fourth-order valence-electron chi connectivity index (χ4n) is 1.17. The number of hydrogen-bond donors (Lipinski definition) is 0. The standard InChI is InChI=1S/C10H7Cl2F3OS/c1-17(16)5-9(10(13,14)15)6-2-7(11)4-8(12)3-6/h2-5H,1H3/b9-5+. The topological polar surface area (TPSA) is 23.1 Å². The lowest BCUT2D eigenvalue weighted by Gasteiger charge is -2.12. The van der Waals surface area contributed by atoms with E-state index in [1.165, 1.54) is 6.07 Å². The zero-order valence-corrected chi connectivity index (χ0v) is 10.8. The van der Waals surface area contributed by atoms with Crippen molar-refractivity contribution < 1.29 is 17.7 Å². The minimum atomic E-state index is -4.61. The minimum Gasteiger partial charge on any atom is -0.612 e. The molecule has 0 aliphatic heterocycles. The van der Waals surface area contributed by atoms with Crippen molar-refractivity contribution in [3.63, 3.8) is 0 Å². The quantitative estimate of drug-likeness (QED) is 0.748. The van der Waals surface area contributed by atoms with Gasteiger partial charge < -0.3 is 4.55 Å². The van der Waals surface area contributed by atoms with E-state index < -0.39 is 22.9 Å². The van der Waals surface area contributed by atoms with Crippen LogP contribution >= 0.6 is 23.2 Å². The smallest absolute Gasteiger partial charge is 0.421 e. The van der Waals surface area contributed by atoms with Crippen LogP contribution < -0.4 is 0 Å². The van der Waals surface area contributed by atoms with E-state index in [1.807, 2.05) is 0 Å². The zero-order chi connectivity index (χ0) is 13.2. The first kappa shape index (κ1) is 14.7. The summed E-state index contributed by atoms with van der Waals surface area (Å²) >= 11 is 9.53. The third kappa shape index (κ3) is 4.43. The van der Waals surface area contributed by atoms with Gasteiger partial charge in [0.05, 0.1) is 6.26 Å². The lowest BCUT2D eigenvalue weighted by molar-refractivity contribution is -0.0688. The second-order valence-corrected chi connectivity index (χ2v) is 5.29. The SMILES string of the molecule is C[S+]([O-])/C=C(\c1cc(Cl)cc(Cl)c1)C(F)(F)F. The summed E-state index contributed by atoms with van der Waals surface area (Å²) in [5.41, 5.74) is -1.21. The van der Waals surface area contributed by atoms with Gasteiger partial charge in [-0.05, 0) is 34.9 Å². The van der Waals surface area contributed by atoms with Gasteiger partial charge in [0.2, 0.25) is 0 Å². The van der Waals surface area contributed by atoms with Crippen LogP contribution in [0, 0.1) is 0 Å². The summed E-state index contributed by atoms with van der Waals surface area (Å²) in [6.07, 6.45) is -3.46. The summed E-state index contributed by atoms with van der Waals surface area (Å²) in [4.78, 5) is 0. The van der Waals surface area contributed by atoms with Gasteiger partial charge in [-0.2, -0.15) is 13.2 Å². The molecule has 7 heteroatoms. The monoisotopic (exact) mass is 302 g/mol. The molecule has 0 bridgehead atoms. The molecule has 0 saturated heterocycles. The van der Waals surface area contributed by atoms with Crippen molar-refractivity contribution in [1.82, 2.24) is 0 Å². The highest BCUT2D eigenvalue weighted by Crippen LogP contribution is 2.36. The number of halogens is 5. The number of alkyl halides is 3.